The van der Waals surface area contributed by atoms with E-state index in [4.69, 9.17) is 0 Å². The van der Waals surface area contributed by atoms with Crippen LogP contribution in [0.25, 0.3) is 0 Å². The number of sulfone groups is 1. The van der Waals surface area contributed by atoms with E-state index in [-0.39, 0.29) is 22.2 Å². The van der Waals surface area contributed by atoms with Crippen LogP contribution in [-0.4, -0.2) is 33.5 Å². The van der Waals surface area contributed by atoms with Crippen LogP contribution in [0.2, 0.25) is 0 Å². The van der Waals surface area contributed by atoms with Gasteiger partial charge in [0.1, 0.15) is 21.5 Å². The Hall–Kier alpha value is -0.530. The van der Waals surface area contributed by atoms with Crippen molar-refractivity contribution in [2.24, 2.45) is 0 Å². The second kappa shape index (κ2) is 6.08. The van der Waals surface area contributed by atoms with Gasteiger partial charge in [-0.15, -0.1) is 0 Å². The Balaban J connectivity index is 2.99. The van der Waals surface area contributed by atoms with Gasteiger partial charge in [0.25, 0.3) is 0 Å². The first kappa shape index (κ1) is 15.5. The summed E-state index contributed by atoms with van der Waals surface area (Å²) in [6.45, 7) is 0. The lowest BCUT2D eigenvalue weighted by Gasteiger charge is -2.16. The number of hydrogen-bond acceptors (Lipinski definition) is 3. The molecule has 1 aromatic carbocycles. The topological polar surface area (TPSA) is 46.2 Å². The largest absolute Gasteiger partial charge is 0.316 e. The van der Waals surface area contributed by atoms with E-state index in [0.717, 1.165) is 12.3 Å². The van der Waals surface area contributed by atoms with Crippen molar-refractivity contribution in [3.05, 3.63) is 33.8 Å². The molecule has 0 aliphatic rings. The normalized spacial score (nSPS) is 13.6. The van der Waals surface area contributed by atoms with E-state index in [0.29, 0.717) is 0 Å². The zero-order valence-electron chi connectivity index (χ0n) is 10.0. The first-order valence-corrected chi connectivity index (χ1v) is 8.07. The Kier molecular flexibility index (Phi) is 5.24. The van der Waals surface area contributed by atoms with Crippen molar-refractivity contribution in [3.8, 4) is 0 Å². The van der Waals surface area contributed by atoms with Crippen LogP contribution in [0.5, 0.6) is 0 Å². The van der Waals surface area contributed by atoms with Crippen molar-refractivity contribution in [2.75, 3.05) is 19.1 Å². The van der Waals surface area contributed by atoms with Crippen molar-refractivity contribution >= 4 is 25.8 Å². The molecule has 0 heterocycles. The number of hydrogen-bond donors (Lipinski definition) is 1. The molecule has 7 heteroatoms. The third-order valence-electron chi connectivity index (χ3n) is 2.50. The molecule has 3 nitrogen and oxygen atoms in total. The Morgan fingerprint density at radius 3 is 2.50 bits per heavy atom. The first-order chi connectivity index (χ1) is 8.24. The van der Waals surface area contributed by atoms with Crippen molar-refractivity contribution < 1.29 is 17.2 Å². The van der Waals surface area contributed by atoms with E-state index in [9.17, 15) is 17.2 Å². The van der Waals surface area contributed by atoms with Crippen LogP contribution in [-0.2, 0) is 16.3 Å². The maximum absolute atomic E-state index is 13.7. The molecule has 0 saturated heterocycles. The number of rotatable bonds is 5. The van der Waals surface area contributed by atoms with Gasteiger partial charge in [0.15, 0.2) is 0 Å². The fourth-order valence-corrected chi connectivity index (χ4v) is 3.00. The Bertz CT molecular complexity index is 534. The number of likely N-dealkylation sites (N-methyl/N-ethyl adjacent to an activating group) is 1. The van der Waals surface area contributed by atoms with Gasteiger partial charge in [0.05, 0.1) is 10.2 Å². The first-order valence-electron chi connectivity index (χ1n) is 5.22. The van der Waals surface area contributed by atoms with Crippen LogP contribution in [0.4, 0.5) is 8.78 Å². The molecule has 0 fully saturated rings. The molecule has 0 aromatic heterocycles. The third kappa shape index (κ3) is 4.29. The summed E-state index contributed by atoms with van der Waals surface area (Å²) in [6.07, 6.45) is 1.06. The number of nitrogens with one attached hydrogen (secondary N) is 1. The summed E-state index contributed by atoms with van der Waals surface area (Å²) in [5, 5.41) is 2.75. The molecule has 18 heavy (non-hydrogen) atoms. The minimum absolute atomic E-state index is 0.0271. The van der Waals surface area contributed by atoms with Gasteiger partial charge in [-0.25, -0.2) is 17.2 Å². The SMILES string of the molecule is CNC(Cc1c(F)ccc(Br)c1F)CS(C)(=O)=O. The van der Waals surface area contributed by atoms with Crippen LogP contribution >= 0.6 is 15.9 Å². The Morgan fingerprint density at radius 1 is 1.39 bits per heavy atom. The van der Waals surface area contributed by atoms with Crippen molar-refractivity contribution in [3.63, 3.8) is 0 Å². The van der Waals surface area contributed by atoms with Crippen LogP contribution in [0.1, 0.15) is 5.56 Å². The molecule has 0 radical (unpaired) electrons. The predicted molar refractivity (Wildman–Crippen MR) is 70.3 cm³/mol. The average Bonchev–Trinajstić information content (AvgIpc) is 2.26. The van der Waals surface area contributed by atoms with Crippen LogP contribution in [0.3, 0.4) is 0 Å². The standard InChI is InChI=1S/C11H14BrF2NO2S/c1-15-7(6-18(2,16)17)5-8-10(13)4-3-9(12)11(8)14/h3-4,7,15H,5-6H2,1-2H3. The van der Waals surface area contributed by atoms with Gasteiger partial charge in [0.2, 0.25) is 0 Å². The third-order valence-corrected chi connectivity index (χ3v) is 4.12. The number of halogens is 3. The highest BCUT2D eigenvalue weighted by Gasteiger charge is 2.19. The molecule has 102 valence electrons. The molecule has 0 aliphatic carbocycles. The van der Waals surface area contributed by atoms with Gasteiger partial charge in [-0.05, 0) is 41.5 Å². The lowest BCUT2D eigenvalue weighted by Crippen LogP contribution is -2.35. The van der Waals surface area contributed by atoms with Gasteiger partial charge in [-0.1, -0.05) is 0 Å². The quantitative estimate of drug-likeness (QED) is 0.832. The molecule has 1 rings (SSSR count). The molecule has 0 spiro atoms. The predicted octanol–water partition coefficient (Wildman–Crippen LogP) is 1.90. The molecule has 1 N–H and O–H groups in total. The Labute approximate surface area is 114 Å². The van der Waals surface area contributed by atoms with Crippen LogP contribution in [0, 0.1) is 11.6 Å². The van der Waals surface area contributed by atoms with E-state index in [1.165, 1.54) is 6.07 Å². The lowest BCUT2D eigenvalue weighted by atomic mass is 10.1. The molecule has 1 unspecified atom stereocenters. The lowest BCUT2D eigenvalue weighted by molar-refractivity contribution is 0.514. The van der Waals surface area contributed by atoms with E-state index in [2.05, 4.69) is 21.2 Å². The summed E-state index contributed by atoms with van der Waals surface area (Å²) < 4.78 is 49.8. The molecule has 0 bridgehead atoms. The molecular formula is C11H14BrF2NO2S. The molecule has 0 saturated carbocycles. The molecule has 1 atom stereocenters. The molecule has 0 aliphatic heterocycles. The monoisotopic (exact) mass is 341 g/mol. The van der Waals surface area contributed by atoms with Crippen molar-refractivity contribution in [1.82, 2.24) is 5.32 Å². The fraction of sp³-hybridized carbons (Fsp3) is 0.455. The minimum atomic E-state index is -3.21. The molecule has 1 aromatic rings. The van der Waals surface area contributed by atoms with Gasteiger partial charge >= 0.3 is 0 Å². The Morgan fingerprint density at radius 2 is 2.00 bits per heavy atom. The van der Waals surface area contributed by atoms with Gasteiger partial charge < -0.3 is 5.32 Å². The maximum Gasteiger partial charge on any atom is 0.148 e. The molecule has 0 amide bonds. The van der Waals surface area contributed by atoms with Crippen LogP contribution in [0.15, 0.2) is 16.6 Å². The zero-order chi connectivity index (χ0) is 13.9. The van der Waals surface area contributed by atoms with E-state index in [1.807, 2.05) is 0 Å². The minimum Gasteiger partial charge on any atom is -0.316 e. The van der Waals surface area contributed by atoms with Gasteiger partial charge in [0, 0.05) is 17.9 Å². The van der Waals surface area contributed by atoms with Gasteiger partial charge in [-0.2, -0.15) is 0 Å². The highest BCUT2D eigenvalue weighted by atomic mass is 79.9. The van der Waals surface area contributed by atoms with Crippen molar-refractivity contribution in [2.45, 2.75) is 12.5 Å². The van der Waals surface area contributed by atoms with E-state index >= 15 is 0 Å². The highest BCUT2D eigenvalue weighted by Crippen LogP contribution is 2.22. The summed E-state index contributed by atoms with van der Waals surface area (Å²) in [4.78, 5) is 0. The average molecular weight is 342 g/mol. The zero-order valence-corrected chi connectivity index (χ0v) is 12.4. The second-order valence-electron chi connectivity index (χ2n) is 4.10. The van der Waals surface area contributed by atoms with E-state index < -0.39 is 27.5 Å². The summed E-state index contributed by atoms with van der Waals surface area (Å²) >= 11 is 2.97. The van der Waals surface area contributed by atoms with Crippen molar-refractivity contribution in [1.29, 1.82) is 0 Å². The fourth-order valence-electron chi connectivity index (χ4n) is 1.61. The highest BCUT2D eigenvalue weighted by molar-refractivity contribution is 9.10. The maximum atomic E-state index is 13.7. The summed E-state index contributed by atoms with van der Waals surface area (Å²) in [5.41, 5.74) is -0.118. The second-order valence-corrected chi connectivity index (χ2v) is 7.14. The summed E-state index contributed by atoms with van der Waals surface area (Å²) in [6, 6.07) is 1.90. The summed E-state index contributed by atoms with van der Waals surface area (Å²) in [5.74, 6) is -1.54. The van der Waals surface area contributed by atoms with Crippen LogP contribution < -0.4 is 5.32 Å². The summed E-state index contributed by atoms with van der Waals surface area (Å²) in [7, 11) is -1.65. The van der Waals surface area contributed by atoms with Gasteiger partial charge in [-0.3, -0.25) is 0 Å². The number of benzene rings is 1. The van der Waals surface area contributed by atoms with E-state index in [1.54, 1.807) is 7.05 Å². The smallest absolute Gasteiger partial charge is 0.148 e. The molecular weight excluding hydrogens is 328 g/mol.